The number of fused-ring (bicyclic) bond motifs is 1. The second kappa shape index (κ2) is 3.36. The van der Waals surface area contributed by atoms with Crippen molar-refractivity contribution in [1.29, 1.82) is 0 Å². The molecule has 2 rings (SSSR count). The molecule has 13 heavy (non-hydrogen) atoms. The monoisotopic (exact) mass is 240 g/mol. The molecule has 1 heterocycles. The molecule has 0 saturated heterocycles. The van der Waals surface area contributed by atoms with Crippen LogP contribution in [0.1, 0.15) is 10.4 Å². The molecule has 0 aliphatic carbocycles. The molecule has 0 radical (unpaired) electrons. The summed E-state index contributed by atoms with van der Waals surface area (Å²) in [5.74, 6) is -0.230. The molecule has 0 bridgehead atoms. The quantitative estimate of drug-likeness (QED) is 0.559. The Kier molecular flexibility index (Phi) is 2.21. The van der Waals surface area contributed by atoms with Gasteiger partial charge in [-0.05, 0) is 0 Å². The first kappa shape index (κ1) is 8.54. The summed E-state index contributed by atoms with van der Waals surface area (Å²) in [7, 11) is 1.41. The number of methoxy groups -OCH3 is 1. The molecule has 66 valence electrons. The average Bonchev–Trinajstić information content (AvgIpc) is 2.60. The molecule has 2 nitrogen and oxygen atoms in total. The molecule has 0 spiro atoms. The second-order valence-corrected chi connectivity index (χ2v) is 4.55. The van der Waals surface area contributed by atoms with Crippen LogP contribution >= 0.6 is 0 Å². The number of benzene rings is 1. The van der Waals surface area contributed by atoms with Gasteiger partial charge in [-0.15, -0.1) is 0 Å². The van der Waals surface area contributed by atoms with Gasteiger partial charge in [0.1, 0.15) is 0 Å². The van der Waals surface area contributed by atoms with E-state index < -0.39 is 0 Å². The van der Waals surface area contributed by atoms with Gasteiger partial charge in [-0.25, -0.2) is 0 Å². The summed E-state index contributed by atoms with van der Waals surface area (Å²) in [6, 6.07) is 7.96. The van der Waals surface area contributed by atoms with Crippen LogP contribution in [0.15, 0.2) is 29.2 Å². The predicted molar refractivity (Wildman–Crippen MR) is 52.2 cm³/mol. The van der Waals surface area contributed by atoms with Crippen LogP contribution in [0.2, 0.25) is 0 Å². The van der Waals surface area contributed by atoms with E-state index in [1.807, 2.05) is 23.1 Å². The summed E-state index contributed by atoms with van der Waals surface area (Å²) < 4.78 is 5.95. The molecular formula is C10H8O2Se. The van der Waals surface area contributed by atoms with Crippen molar-refractivity contribution in [2.45, 2.75) is 0 Å². The number of carbonyl (C=O) groups excluding carboxylic acids is 1. The van der Waals surface area contributed by atoms with Crippen molar-refractivity contribution in [2.24, 2.45) is 0 Å². The molecule has 1 aromatic carbocycles. The first-order valence-corrected chi connectivity index (χ1v) is 5.72. The van der Waals surface area contributed by atoms with E-state index in [2.05, 4.69) is 6.07 Å². The number of esters is 1. The van der Waals surface area contributed by atoms with Crippen molar-refractivity contribution in [2.75, 3.05) is 7.11 Å². The Hall–Kier alpha value is -1.05. The summed E-state index contributed by atoms with van der Waals surface area (Å²) in [5.41, 5.74) is 0.720. The van der Waals surface area contributed by atoms with Gasteiger partial charge >= 0.3 is 81.5 Å². The predicted octanol–water partition coefficient (Wildman–Crippen LogP) is 1.68. The summed E-state index contributed by atoms with van der Waals surface area (Å²) in [6.07, 6.45) is 0. The van der Waals surface area contributed by atoms with Crippen LogP contribution in [0.25, 0.3) is 9.65 Å². The zero-order valence-corrected chi connectivity index (χ0v) is 8.82. The Bertz CT molecular complexity index is 445. The van der Waals surface area contributed by atoms with Crippen LogP contribution in [0.5, 0.6) is 0 Å². The molecule has 0 amide bonds. The summed E-state index contributed by atoms with van der Waals surface area (Å²) in [4.78, 5) is 13.3. The van der Waals surface area contributed by atoms with Gasteiger partial charge in [0.15, 0.2) is 0 Å². The molecule has 0 aliphatic rings. The molecule has 1 aromatic heterocycles. The van der Waals surface area contributed by atoms with Gasteiger partial charge < -0.3 is 0 Å². The number of hydrogen-bond acceptors (Lipinski definition) is 2. The molecular weight excluding hydrogens is 231 g/mol. The number of carbonyl (C=O) groups is 1. The van der Waals surface area contributed by atoms with Gasteiger partial charge in [-0.1, -0.05) is 0 Å². The Labute approximate surface area is 81.9 Å². The van der Waals surface area contributed by atoms with Crippen molar-refractivity contribution in [1.82, 2.24) is 0 Å². The summed E-state index contributed by atoms with van der Waals surface area (Å²) >= 11 is 0.292. The minimum atomic E-state index is -0.230. The third kappa shape index (κ3) is 1.41. The molecule has 0 unspecified atom stereocenters. The Morgan fingerprint density at radius 1 is 1.38 bits per heavy atom. The van der Waals surface area contributed by atoms with E-state index in [0.29, 0.717) is 14.5 Å². The Morgan fingerprint density at radius 3 is 2.92 bits per heavy atom. The van der Waals surface area contributed by atoms with Gasteiger partial charge in [-0.2, -0.15) is 0 Å². The van der Waals surface area contributed by atoms with E-state index in [1.54, 1.807) is 0 Å². The van der Waals surface area contributed by atoms with E-state index >= 15 is 0 Å². The Balaban J connectivity index is 2.64. The third-order valence-electron chi connectivity index (χ3n) is 1.89. The normalized spacial score (nSPS) is 10.2. The summed E-state index contributed by atoms with van der Waals surface area (Å²) in [6.45, 7) is 0. The SMILES string of the molecule is COC(=O)c1c[se]c2ccccc12. The standard InChI is InChI=1S/C10H8O2Se/c1-12-10(11)8-6-13-9-5-3-2-4-7(8)9/h2-6H,1H3. The van der Waals surface area contributed by atoms with Crippen LogP contribution < -0.4 is 0 Å². The van der Waals surface area contributed by atoms with Crippen molar-refractivity contribution >= 4 is 30.1 Å². The van der Waals surface area contributed by atoms with Crippen LogP contribution in [-0.4, -0.2) is 27.6 Å². The van der Waals surface area contributed by atoms with Crippen molar-refractivity contribution in [3.63, 3.8) is 0 Å². The van der Waals surface area contributed by atoms with Gasteiger partial charge in [0.25, 0.3) is 0 Å². The molecule has 0 saturated carbocycles. The first-order chi connectivity index (χ1) is 6.33. The zero-order chi connectivity index (χ0) is 9.26. The minimum absolute atomic E-state index is 0.230. The van der Waals surface area contributed by atoms with E-state index in [4.69, 9.17) is 4.74 Å². The van der Waals surface area contributed by atoms with E-state index in [-0.39, 0.29) is 5.97 Å². The maximum atomic E-state index is 11.3. The van der Waals surface area contributed by atoms with Crippen molar-refractivity contribution in [3.8, 4) is 0 Å². The van der Waals surface area contributed by atoms with Crippen LogP contribution in [0.3, 0.4) is 0 Å². The van der Waals surface area contributed by atoms with Gasteiger partial charge in [0.2, 0.25) is 0 Å². The van der Waals surface area contributed by atoms with Gasteiger partial charge in [-0.3, -0.25) is 0 Å². The van der Waals surface area contributed by atoms with Gasteiger partial charge in [0.05, 0.1) is 0 Å². The molecule has 0 fully saturated rings. The van der Waals surface area contributed by atoms with Gasteiger partial charge in [0, 0.05) is 0 Å². The topological polar surface area (TPSA) is 26.3 Å². The molecule has 0 aliphatic heterocycles. The third-order valence-corrected chi connectivity index (χ3v) is 3.91. The zero-order valence-electron chi connectivity index (χ0n) is 7.11. The van der Waals surface area contributed by atoms with Crippen LogP contribution in [0, 0.1) is 0 Å². The summed E-state index contributed by atoms with van der Waals surface area (Å²) in [5, 5.41) is 1.04. The number of rotatable bonds is 1. The average molecular weight is 239 g/mol. The molecule has 0 atom stereocenters. The van der Waals surface area contributed by atoms with Crippen molar-refractivity contribution < 1.29 is 9.53 Å². The van der Waals surface area contributed by atoms with E-state index in [1.165, 1.54) is 11.4 Å². The number of hydrogen-bond donors (Lipinski definition) is 0. The maximum absolute atomic E-state index is 11.3. The Morgan fingerprint density at radius 2 is 2.15 bits per heavy atom. The molecule has 2 aromatic rings. The van der Waals surface area contributed by atoms with Crippen LogP contribution in [0.4, 0.5) is 0 Å². The fraction of sp³-hybridized carbons (Fsp3) is 0.100. The fourth-order valence-electron chi connectivity index (χ4n) is 1.25. The first-order valence-electron chi connectivity index (χ1n) is 3.87. The second-order valence-electron chi connectivity index (χ2n) is 2.64. The van der Waals surface area contributed by atoms with E-state index in [0.717, 1.165) is 10.9 Å². The number of ether oxygens (including phenoxy) is 1. The molecule has 3 heteroatoms. The van der Waals surface area contributed by atoms with Crippen LogP contribution in [-0.2, 0) is 4.74 Å². The fourth-order valence-corrected chi connectivity index (χ4v) is 3.20. The van der Waals surface area contributed by atoms with Crippen molar-refractivity contribution in [3.05, 3.63) is 34.8 Å². The van der Waals surface area contributed by atoms with E-state index in [9.17, 15) is 4.79 Å². The molecule has 0 N–H and O–H groups in total.